The van der Waals surface area contributed by atoms with Crippen molar-refractivity contribution < 1.29 is 9.47 Å². The Kier molecular flexibility index (Phi) is 3.94. The van der Waals surface area contributed by atoms with Crippen LogP contribution >= 0.6 is 0 Å². The molecule has 0 saturated carbocycles. The maximum atomic E-state index is 5.85. The van der Waals surface area contributed by atoms with Gasteiger partial charge in [0, 0.05) is 18.7 Å². The molecule has 0 bridgehead atoms. The molecule has 8 nitrogen and oxygen atoms in total. The van der Waals surface area contributed by atoms with Crippen molar-refractivity contribution in [2.45, 2.75) is 26.1 Å². The fraction of sp³-hybridized carbons (Fsp3) is 0.350. The molecular formula is C20H22N6O2. The Morgan fingerprint density at radius 3 is 2.75 bits per heavy atom. The molecule has 1 aromatic carbocycles. The van der Waals surface area contributed by atoms with Crippen molar-refractivity contribution in [2.24, 2.45) is 0 Å². The van der Waals surface area contributed by atoms with E-state index in [0.717, 1.165) is 46.7 Å². The normalized spacial score (nSPS) is 20.2. The lowest BCUT2D eigenvalue weighted by atomic mass is 10.1. The minimum absolute atomic E-state index is 0.180. The number of fused-ring (bicyclic) bond motifs is 2. The Balaban J connectivity index is 1.59. The molecule has 2 atom stereocenters. The van der Waals surface area contributed by atoms with Crippen molar-refractivity contribution in [2.75, 3.05) is 25.1 Å². The first-order chi connectivity index (χ1) is 13.6. The molecule has 1 saturated heterocycles. The molecule has 3 aromatic heterocycles. The second-order valence-electron chi connectivity index (χ2n) is 7.26. The predicted molar refractivity (Wildman–Crippen MR) is 107 cm³/mol. The fourth-order valence-corrected chi connectivity index (χ4v) is 3.90. The topological polar surface area (TPSA) is 80.6 Å². The van der Waals surface area contributed by atoms with Crippen molar-refractivity contribution >= 4 is 22.4 Å². The van der Waals surface area contributed by atoms with Gasteiger partial charge in [-0.15, -0.1) is 10.2 Å². The van der Waals surface area contributed by atoms with E-state index in [0.29, 0.717) is 5.88 Å². The second kappa shape index (κ2) is 6.49. The van der Waals surface area contributed by atoms with Gasteiger partial charge in [0.15, 0.2) is 5.65 Å². The van der Waals surface area contributed by atoms with E-state index in [1.807, 2.05) is 41.0 Å². The molecule has 0 spiro atoms. The summed E-state index contributed by atoms with van der Waals surface area (Å²) in [7, 11) is 1.62. The zero-order valence-corrected chi connectivity index (χ0v) is 16.1. The Morgan fingerprint density at radius 1 is 1.14 bits per heavy atom. The molecule has 4 aromatic rings. The van der Waals surface area contributed by atoms with Gasteiger partial charge in [0.05, 0.1) is 42.1 Å². The molecule has 0 radical (unpaired) electrons. The van der Waals surface area contributed by atoms with E-state index in [9.17, 15) is 0 Å². The van der Waals surface area contributed by atoms with E-state index in [2.05, 4.69) is 33.9 Å². The van der Waals surface area contributed by atoms with Crippen LogP contribution in [0.4, 0.5) is 5.82 Å². The average Bonchev–Trinajstić information content (AvgIpc) is 3.29. The van der Waals surface area contributed by atoms with Gasteiger partial charge in [-0.25, -0.2) is 9.50 Å². The summed E-state index contributed by atoms with van der Waals surface area (Å²) >= 11 is 0. The summed E-state index contributed by atoms with van der Waals surface area (Å²) < 4.78 is 13.1. The molecule has 5 rings (SSSR count). The fourth-order valence-electron chi connectivity index (χ4n) is 3.90. The van der Waals surface area contributed by atoms with Crippen molar-refractivity contribution in [1.29, 1.82) is 0 Å². The molecule has 1 N–H and O–H groups in total. The second-order valence-corrected chi connectivity index (χ2v) is 7.26. The third kappa shape index (κ3) is 2.77. The van der Waals surface area contributed by atoms with E-state index < -0.39 is 0 Å². The van der Waals surface area contributed by atoms with Crippen LogP contribution in [0, 0.1) is 0 Å². The summed E-state index contributed by atoms with van der Waals surface area (Å²) in [5.74, 6) is 1.51. The first-order valence-corrected chi connectivity index (χ1v) is 9.40. The van der Waals surface area contributed by atoms with Crippen LogP contribution in [0.2, 0.25) is 0 Å². The maximum absolute atomic E-state index is 5.85. The predicted octanol–water partition coefficient (Wildman–Crippen LogP) is 2.89. The summed E-state index contributed by atoms with van der Waals surface area (Å²) in [6, 6.07) is 10.1. The number of rotatable bonds is 3. The lowest BCUT2D eigenvalue weighted by Gasteiger charge is -2.35. The number of imidazole rings is 1. The number of methoxy groups -OCH3 is 1. The van der Waals surface area contributed by atoms with E-state index in [-0.39, 0.29) is 12.2 Å². The lowest BCUT2D eigenvalue weighted by Crippen LogP contribution is -2.46. The number of aromatic amines is 1. The summed E-state index contributed by atoms with van der Waals surface area (Å²) in [5, 5.41) is 13.0. The number of hydrogen-bond acceptors (Lipinski definition) is 6. The Labute approximate surface area is 162 Å². The molecular weight excluding hydrogens is 356 g/mol. The molecule has 144 valence electrons. The third-order valence-corrected chi connectivity index (χ3v) is 5.11. The summed E-state index contributed by atoms with van der Waals surface area (Å²) in [4.78, 5) is 6.79. The van der Waals surface area contributed by atoms with Gasteiger partial charge in [-0.1, -0.05) is 6.07 Å². The van der Waals surface area contributed by atoms with Gasteiger partial charge in [0.25, 0.3) is 0 Å². The highest BCUT2D eigenvalue weighted by molar-refractivity contribution is 5.88. The van der Waals surface area contributed by atoms with Crippen LogP contribution in [0.15, 0.2) is 36.5 Å². The Hall–Kier alpha value is -3.13. The maximum Gasteiger partial charge on any atom is 0.240 e. The molecule has 4 heterocycles. The molecule has 8 heteroatoms. The van der Waals surface area contributed by atoms with E-state index >= 15 is 0 Å². The van der Waals surface area contributed by atoms with Gasteiger partial charge >= 0.3 is 0 Å². The van der Waals surface area contributed by atoms with Crippen molar-refractivity contribution in [3.05, 3.63) is 36.5 Å². The molecule has 1 fully saturated rings. The number of benzene rings is 1. The summed E-state index contributed by atoms with van der Waals surface area (Å²) in [6.45, 7) is 5.84. The number of aromatic nitrogens is 5. The van der Waals surface area contributed by atoms with E-state index in [1.54, 1.807) is 7.11 Å². The minimum atomic E-state index is 0.180. The largest absolute Gasteiger partial charge is 0.480 e. The number of anilines is 1. The Morgan fingerprint density at radius 2 is 1.96 bits per heavy atom. The number of nitrogens with one attached hydrogen (secondary N) is 1. The number of nitrogens with zero attached hydrogens (tertiary/aromatic N) is 5. The van der Waals surface area contributed by atoms with Crippen molar-refractivity contribution in [3.8, 4) is 17.1 Å². The summed E-state index contributed by atoms with van der Waals surface area (Å²) in [6.07, 6.45) is 2.21. The highest BCUT2D eigenvalue weighted by Crippen LogP contribution is 2.29. The quantitative estimate of drug-likeness (QED) is 0.590. The minimum Gasteiger partial charge on any atom is -0.480 e. The number of ether oxygens (including phenoxy) is 2. The first-order valence-electron chi connectivity index (χ1n) is 9.40. The number of hydrogen-bond donors (Lipinski definition) is 1. The molecule has 28 heavy (non-hydrogen) atoms. The summed E-state index contributed by atoms with van der Waals surface area (Å²) in [5.41, 5.74) is 3.68. The number of morpholine rings is 1. The van der Waals surface area contributed by atoms with Crippen molar-refractivity contribution in [1.82, 2.24) is 24.8 Å². The van der Waals surface area contributed by atoms with Crippen LogP contribution in [0.1, 0.15) is 13.8 Å². The van der Waals surface area contributed by atoms with Crippen LogP contribution in [-0.4, -0.2) is 57.2 Å². The van der Waals surface area contributed by atoms with Gasteiger partial charge in [0.2, 0.25) is 5.88 Å². The highest BCUT2D eigenvalue weighted by Gasteiger charge is 2.24. The van der Waals surface area contributed by atoms with Crippen LogP contribution in [0.5, 0.6) is 5.88 Å². The smallest absolute Gasteiger partial charge is 0.240 e. The van der Waals surface area contributed by atoms with E-state index in [1.165, 1.54) is 0 Å². The van der Waals surface area contributed by atoms with Crippen molar-refractivity contribution in [3.63, 3.8) is 0 Å². The van der Waals surface area contributed by atoms with Crippen LogP contribution in [0.3, 0.4) is 0 Å². The van der Waals surface area contributed by atoms with E-state index in [4.69, 9.17) is 14.6 Å². The highest BCUT2D eigenvalue weighted by atomic mass is 16.5. The third-order valence-electron chi connectivity index (χ3n) is 5.11. The van der Waals surface area contributed by atoms with Crippen LogP contribution < -0.4 is 9.64 Å². The van der Waals surface area contributed by atoms with Gasteiger partial charge in [-0.2, -0.15) is 0 Å². The van der Waals surface area contributed by atoms with Gasteiger partial charge < -0.3 is 14.4 Å². The number of H-pyrrole nitrogens is 1. The van der Waals surface area contributed by atoms with Gasteiger partial charge in [0.1, 0.15) is 5.82 Å². The molecule has 0 aliphatic carbocycles. The molecule has 1 aliphatic heterocycles. The monoisotopic (exact) mass is 378 g/mol. The van der Waals surface area contributed by atoms with Crippen LogP contribution in [-0.2, 0) is 4.74 Å². The lowest BCUT2D eigenvalue weighted by molar-refractivity contribution is -0.00551. The standard InChI is InChI=1S/C20H22N6O2/c1-12-10-25(11-13(2)28-12)19-7-6-18-21-9-17(26(18)24-19)14-4-5-16-15(8-14)20(27-3)23-22-16/h4-9,12-13H,10-11H2,1-3H3,(H,22,23)/t12-,13+. The van der Waals surface area contributed by atoms with Crippen LogP contribution in [0.25, 0.3) is 27.8 Å². The molecule has 1 aliphatic rings. The van der Waals surface area contributed by atoms with Gasteiger partial charge in [-0.05, 0) is 38.1 Å². The average molecular weight is 378 g/mol. The zero-order valence-electron chi connectivity index (χ0n) is 16.1. The first kappa shape index (κ1) is 17.0. The Bertz CT molecular complexity index is 1140. The SMILES string of the molecule is COc1n[nH]c2ccc(-c3cnc4ccc(N5C[C@@H](C)O[C@@H](C)C5)nn34)cc12. The molecule has 0 unspecified atom stereocenters. The molecule has 0 amide bonds. The zero-order chi connectivity index (χ0) is 19.3. The van der Waals surface area contributed by atoms with Gasteiger partial charge in [-0.3, -0.25) is 5.10 Å².